The van der Waals surface area contributed by atoms with E-state index in [1.54, 1.807) is 12.0 Å². The van der Waals surface area contributed by atoms with Gasteiger partial charge in [0.05, 0.1) is 13.7 Å². The molecule has 2 heterocycles. The molecule has 0 spiro atoms. The number of aromatic nitrogens is 1. The van der Waals surface area contributed by atoms with Crippen LogP contribution in [-0.4, -0.2) is 36.2 Å². The molecule has 1 aliphatic heterocycles. The second kappa shape index (κ2) is 7.46. The number of rotatable bonds is 4. The number of amides is 1. The van der Waals surface area contributed by atoms with E-state index in [4.69, 9.17) is 15.2 Å². The van der Waals surface area contributed by atoms with E-state index in [0.29, 0.717) is 13.2 Å². The number of hydrogen-bond acceptors (Lipinski definition) is 4. The van der Waals surface area contributed by atoms with Gasteiger partial charge in [-0.25, -0.2) is 4.79 Å². The highest BCUT2D eigenvalue weighted by Gasteiger charge is 2.35. The quantitative estimate of drug-likeness (QED) is 0.664. The largest absolute Gasteiger partial charge is 0.497 e. The normalized spacial score (nSPS) is 16.1. The molecule has 0 saturated carbocycles. The monoisotopic (exact) mass is 379 g/mol. The van der Waals surface area contributed by atoms with Crippen molar-refractivity contribution in [2.24, 2.45) is 0 Å². The van der Waals surface area contributed by atoms with Gasteiger partial charge in [0.25, 0.3) is 0 Å². The molecule has 6 nitrogen and oxygen atoms in total. The van der Waals surface area contributed by atoms with E-state index < -0.39 is 0 Å². The Hall–Kier alpha value is -3.15. The zero-order valence-corrected chi connectivity index (χ0v) is 16.2. The third-order valence-electron chi connectivity index (χ3n) is 5.22. The molecule has 0 bridgehead atoms. The van der Waals surface area contributed by atoms with E-state index in [1.165, 1.54) is 5.56 Å². The Morgan fingerprint density at radius 1 is 1.29 bits per heavy atom. The lowest BCUT2D eigenvalue weighted by molar-refractivity contribution is 0.0889. The molecule has 146 valence electrons. The van der Waals surface area contributed by atoms with Gasteiger partial charge in [-0.2, -0.15) is 0 Å². The van der Waals surface area contributed by atoms with Gasteiger partial charge in [-0.15, -0.1) is 0 Å². The molecule has 1 atom stereocenters. The number of aromatic amines is 1. The minimum Gasteiger partial charge on any atom is -0.497 e. The molecule has 2 aromatic carbocycles. The standard InChI is InChI=1S/C22H25N3O3/c1-3-11-28-22(26)25-10-9-17-18-13-15(23)7-8-19(18)24-20(17)21(25)14-5-4-6-16(12-14)27-2/h4-8,12-13,21,24H,3,9-11,23H2,1-2H3. The molecule has 28 heavy (non-hydrogen) atoms. The maximum atomic E-state index is 12.8. The van der Waals surface area contributed by atoms with Crippen LogP contribution < -0.4 is 10.5 Å². The summed E-state index contributed by atoms with van der Waals surface area (Å²) in [6.07, 6.45) is 1.25. The summed E-state index contributed by atoms with van der Waals surface area (Å²) in [6, 6.07) is 13.4. The predicted octanol–water partition coefficient (Wildman–Crippen LogP) is 4.25. The van der Waals surface area contributed by atoms with Crippen molar-refractivity contribution >= 4 is 22.7 Å². The molecular formula is C22H25N3O3. The van der Waals surface area contributed by atoms with Gasteiger partial charge < -0.3 is 20.2 Å². The lowest BCUT2D eigenvalue weighted by Gasteiger charge is -2.35. The van der Waals surface area contributed by atoms with Crippen molar-refractivity contribution in [3.63, 3.8) is 0 Å². The first kappa shape index (κ1) is 18.2. The summed E-state index contributed by atoms with van der Waals surface area (Å²) < 4.78 is 10.9. The molecule has 4 rings (SSSR count). The van der Waals surface area contributed by atoms with Crippen LogP contribution in [0, 0.1) is 0 Å². The number of nitrogens with two attached hydrogens (primary N) is 1. The first-order valence-electron chi connectivity index (χ1n) is 9.59. The van der Waals surface area contributed by atoms with Crippen LogP contribution in [0.5, 0.6) is 5.75 Å². The second-order valence-corrected chi connectivity index (χ2v) is 7.06. The molecule has 1 unspecified atom stereocenters. The minimum atomic E-state index is -0.293. The van der Waals surface area contributed by atoms with E-state index >= 15 is 0 Å². The average molecular weight is 379 g/mol. The molecule has 6 heteroatoms. The number of fused-ring (bicyclic) bond motifs is 3. The SMILES string of the molecule is CCCOC(=O)N1CCc2c([nH]c3ccc(N)cc23)C1c1cccc(OC)c1. The van der Waals surface area contributed by atoms with Crippen molar-refractivity contribution in [3.8, 4) is 5.75 Å². The van der Waals surface area contributed by atoms with Crippen molar-refractivity contribution < 1.29 is 14.3 Å². The maximum absolute atomic E-state index is 12.8. The highest BCUT2D eigenvalue weighted by molar-refractivity contribution is 5.88. The zero-order chi connectivity index (χ0) is 19.7. The fourth-order valence-corrected chi connectivity index (χ4v) is 3.93. The Balaban J connectivity index is 1.84. The molecule has 0 radical (unpaired) electrons. The van der Waals surface area contributed by atoms with Crippen LogP contribution in [0.1, 0.15) is 36.2 Å². The minimum absolute atomic E-state index is 0.267. The van der Waals surface area contributed by atoms with Gasteiger partial charge in [0, 0.05) is 28.8 Å². The van der Waals surface area contributed by atoms with Gasteiger partial charge in [0.2, 0.25) is 0 Å². The number of nitrogen functional groups attached to an aromatic ring is 1. The van der Waals surface area contributed by atoms with E-state index in [0.717, 1.165) is 46.4 Å². The van der Waals surface area contributed by atoms with Crippen LogP contribution in [0.3, 0.4) is 0 Å². The number of nitrogens with one attached hydrogen (secondary N) is 1. The number of carbonyl (C=O) groups is 1. The van der Waals surface area contributed by atoms with Gasteiger partial charge in [-0.1, -0.05) is 19.1 Å². The van der Waals surface area contributed by atoms with Crippen LogP contribution in [0.2, 0.25) is 0 Å². The summed E-state index contributed by atoms with van der Waals surface area (Å²) in [5, 5.41) is 1.12. The molecule has 3 aromatic rings. The van der Waals surface area contributed by atoms with Crippen molar-refractivity contribution in [3.05, 3.63) is 59.3 Å². The number of carbonyl (C=O) groups excluding carboxylic acids is 1. The summed E-state index contributed by atoms with van der Waals surface area (Å²) in [7, 11) is 1.64. The van der Waals surface area contributed by atoms with Crippen LogP contribution in [-0.2, 0) is 11.2 Å². The van der Waals surface area contributed by atoms with E-state index in [9.17, 15) is 4.79 Å². The topological polar surface area (TPSA) is 80.6 Å². The van der Waals surface area contributed by atoms with E-state index in [1.807, 2.05) is 49.4 Å². The van der Waals surface area contributed by atoms with Gasteiger partial charge in [-0.05, 0) is 54.3 Å². The number of nitrogens with zero attached hydrogens (tertiary/aromatic N) is 1. The van der Waals surface area contributed by atoms with Gasteiger partial charge in [-0.3, -0.25) is 4.90 Å². The van der Waals surface area contributed by atoms with Crippen molar-refractivity contribution in [1.82, 2.24) is 9.88 Å². The molecule has 0 saturated heterocycles. The Bertz CT molecular complexity index is 1010. The Kier molecular flexibility index (Phi) is 4.86. The summed E-state index contributed by atoms with van der Waals surface area (Å²) in [5.41, 5.74) is 11.0. The molecule has 0 fully saturated rings. The van der Waals surface area contributed by atoms with Crippen LogP contribution in [0.25, 0.3) is 10.9 Å². The predicted molar refractivity (Wildman–Crippen MR) is 110 cm³/mol. The summed E-state index contributed by atoms with van der Waals surface area (Å²) in [6.45, 7) is 2.98. The van der Waals surface area contributed by atoms with Crippen molar-refractivity contribution in [2.75, 3.05) is 26.0 Å². The Labute approximate surface area is 164 Å². The fourth-order valence-electron chi connectivity index (χ4n) is 3.93. The first-order chi connectivity index (χ1) is 13.6. The Morgan fingerprint density at radius 3 is 2.93 bits per heavy atom. The van der Waals surface area contributed by atoms with Crippen molar-refractivity contribution in [1.29, 1.82) is 0 Å². The van der Waals surface area contributed by atoms with Crippen LogP contribution in [0.15, 0.2) is 42.5 Å². The van der Waals surface area contributed by atoms with E-state index in [2.05, 4.69) is 4.98 Å². The highest BCUT2D eigenvalue weighted by atomic mass is 16.6. The zero-order valence-electron chi connectivity index (χ0n) is 16.2. The number of anilines is 1. The lowest BCUT2D eigenvalue weighted by atomic mass is 9.92. The number of ether oxygens (including phenoxy) is 2. The molecule has 1 aliphatic rings. The highest BCUT2D eigenvalue weighted by Crippen LogP contribution is 2.39. The lowest BCUT2D eigenvalue weighted by Crippen LogP contribution is -2.41. The first-order valence-corrected chi connectivity index (χ1v) is 9.59. The van der Waals surface area contributed by atoms with Gasteiger partial charge in [0.15, 0.2) is 0 Å². The molecule has 0 aliphatic carbocycles. The number of H-pyrrole nitrogens is 1. The van der Waals surface area contributed by atoms with Crippen LogP contribution in [0.4, 0.5) is 10.5 Å². The number of methoxy groups -OCH3 is 1. The molecule has 3 N–H and O–H groups in total. The molecule has 1 aromatic heterocycles. The number of benzene rings is 2. The van der Waals surface area contributed by atoms with Crippen LogP contribution >= 0.6 is 0 Å². The van der Waals surface area contributed by atoms with E-state index in [-0.39, 0.29) is 12.1 Å². The van der Waals surface area contributed by atoms with Gasteiger partial charge >= 0.3 is 6.09 Å². The third kappa shape index (κ3) is 3.15. The maximum Gasteiger partial charge on any atom is 0.410 e. The summed E-state index contributed by atoms with van der Waals surface area (Å²) >= 11 is 0. The van der Waals surface area contributed by atoms with Gasteiger partial charge in [0.1, 0.15) is 11.8 Å². The molecular weight excluding hydrogens is 354 g/mol. The third-order valence-corrected chi connectivity index (χ3v) is 5.22. The molecule has 1 amide bonds. The smallest absolute Gasteiger partial charge is 0.410 e. The number of hydrogen-bond donors (Lipinski definition) is 2. The summed E-state index contributed by atoms with van der Waals surface area (Å²) in [4.78, 5) is 18.1. The Morgan fingerprint density at radius 2 is 2.14 bits per heavy atom. The second-order valence-electron chi connectivity index (χ2n) is 7.06. The fraction of sp³-hybridized carbons (Fsp3) is 0.318. The average Bonchev–Trinajstić information content (AvgIpc) is 3.09. The summed E-state index contributed by atoms with van der Waals surface area (Å²) in [5.74, 6) is 0.756. The van der Waals surface area contributed by atoms with Crippen molar-refractivity contribution in [2.45, 2.75) is 25.8 Å².